The Balaban J connectivity index is 1.82. The Bertz CT molecular complexity index is 1230. The van der Waals surface area contributed by atoms with E-state index in [1.165, 1.54) is 47.7 Å². The molecule has 0 spiro atoms. The summed E-state index contributed by atoms with van der Waals surface area (Å²) < 4.78 is 0. The fourth-order valence-corrected chi connectivity index (χ4v) is 3.53. The molecule has 0 aliphatic carbocycles. The molecule has 3 rings (SSSR count). The molecule has 0 bridgehead atoms. The van der Waals surface area contributed by atoms with Crippen LogP contribution in [0.2, 0.25) is 0 Å². The highest BCUT2D eigenvalue weighted by atomic mass is 32.1. The van der Waals surface area contributed by atoms with Crippen LogP contribution in [0.4, 0.5) is 11.4 Å². The second-order valence-corrected chi connectivity index (χ2v) is 7.34. The maximum absolute atomic E-state index is 11.2. The lowest BCUT2D eigenvalue weighted by Gasteiger charge is -1.98. The van der Waals surface area contributed by atoms with Crippen molar-refractivity contribution in [1.29, 1.82) is 10.5 Å². The SMILES string of the molecule is N#Cc1ccc(/C=C/c2ccc(/C=C/c3ccc(C#N)cc3[N+](=O)[O-])s2)c([N+](=O)[O-])c1. The number of rotatable bonds is 6. The summed E-state index contributed by atoms with van der Waals surface area (Å²) in [5.41, 5.74) is 0.874. The van der Waals surface area contributed by atoms with Gasteiger partial charge in [-0.2, -0.15) is 10.5 Å². The number of nitrogens with zero attached hydrogens (tertiary/aromatic N) is 4. The molecule has 0 saturated heterocycles. The second-order valence-electron chi connectivity index (χ2n) is 6.19. The Morgan fingerprint density at radius 2 is 1.13 bits per heavy atom. The van der Waals surface area contributed by atoms with Crippen LogP contribution < -0.4 is 0 Å². The summed E-state index contributed by atoms with van der Waals surface area (Å²) in [5.74, 6) is 0. The van der Waals surface area contributed by atoms with E-state index in [1.54, 1.807) is 24.3 Å². The standard InChI is InChI=1S/C22H12N4O4S/c23-13-15-1-3-17(21(11-15)25(27)28)5-7-19-9-10-20(31-19)8-6-18-4-2-16(14-24)12-22(18)26(29)30/h1-12H/b7-5+,8-6+. The van der Waals surface area contributed by atoms with Crippen molar-refractivity contribution in [3.63, 3.8) is 0 Å². The number of hydrogen-bond acceptors (Lipinski definition) is 7. The summed E-state index contributed by atoms with van der Waals surface area (Å²) in [6.07, 6.45) is 6.65. The lowest BCUT2D eigenvalue weighted by Crippen LogP contribution is -1.92. The van der Waals surface area contributed by atoms with Gasteiger partial charge in [-0.05, 0) is 60.7 Å². The molecule has 0 N–H and O–H groups in total. The molecule has 0 radical (unpaired) electrons. The zero-order valence-corrected chi connectivity index (χ0v) is 16.6. The van der Waals surface area contributed by atoms with Gasteiger partial charge in [-0.3, -0.25) is 20.2 Å². The minimum Gasteiger partial charge on any atom is -0.258 e. The van der Waals surface area contributed by atoms with Gasteiger partial charge in [0.1, 0.15) is 0 Å². The smallest absolute Gasteiger partial charge is 0.258 e. The zero-order valence-electron chi connectivity index (χ0n) is 15.8. The maximum atomic E-state index is 11.2. The summed E-state index contributed by atoms with van der Waals surface area (Å²) in [4.78, 5) is 23.0. The lowest BCUT2D eigenvalue weighted by molar-refractivity contribution is -0.385. The van der Waals surface area contributed by atoms with E-state index in [0.717, 1.165) is 9.75 Å². The highest BCUT2D eigenvalue weighted by Gasteiger charge is 2.13. The first-order chi connectivity index (χ1) is 14.9. The molecule has 0 aliphatic rings. The molecular formula is C22H12N4O4S. The molecular weight excluding hydrogens is 416 g/mol. The van der Waals surface area contributed by atoms with Crippen LogP contribution in [-0.2, 0) is 0 Å². The van der Waals surface area contributed by atoms with Crippen LogP contribution in [0.5, 0.6) is 0 Å². The van der Waals surface area contributed by atoms with Crippen molar-refractivity contribution in [1.82, 2.24) is 0 Å². The number of nitro groups is 2. The van der Waals surface area contributed by atoms with Gasteiger partial charge in [0, 0.05) is 21.9 Å². The van der Waals surface area contributed by atoms with Crippen LogP contribution >= 0.6 is 11.3 Å². The van der Waals surface area contributed by atoms with Crippen LogP contribution in [0, 0.1) is 42.9 Å². The van der Waals surface area contributed by atoms with Crippen molar-refractivity contribution in [3.8, 4) is 12.1 Å². The van der Waals surface area contributed by atoms with Gasteiger partial charge in [0.2, 0.25) is 0 Å². The summed E-state index contributed by atoms with van der Waals surface area (Å²) in [5, 5.41) is 40.3. The predicted molar refractivity (Wildman–Crippen MR) is 118 cm³/mol. The monoisotopic (exact) mass is 428 g/mol. The molecule has 2 aromatic carbocycles. The average Bonchev–Trinajstić information content (AvgIpc) is 3.23. The van der Waals surface area contributed by atoms with E-state index in [-0.39, 0.29) is 22.5 Å². The van der Waals surface area contributed by atoms with Crippen molar-refractivity contribution in [2.75, 3.05) is 0 Å². The molecule has 3 aromatic rings. The minimum absolute atomic E-state index is 0.153. The van der Waals surface area contributed by atoms with Gasteiger partial charge in [0.25, 0.3) is 11.4 Å². The lowest BCUT2D eigenvalue weighted by atomic mass is 10.1. The largest absolute Gasteiger partial charge is 0.277 e. The van der Waals surface area contributed by atoms with E-state index in [0.29, 0.717) is 11.1 Å². The van der Waals surface area contributed by atoms with Crippen LogP contribution in [0.15, 0.2) is 48.5 Å². The normalized spacial score (nSPS) is 10.8. The number of benzene rings is 2. The average molecular weight is 428 g/mol. The Hall–Kier alpha value is -4.60. The van der Waals surface area contributed by atoms with E-state index in [1.807, 2.05) is 24.3 Å². The first-order valence-electron chi connectivity index (χ1n) is 8.74. The molecule has 0 amide bonds. The Morgan fingerprint density at radius 1 is 0.710 bits per heavy atom. The van der Waals surface area contributed by atoms with E-state index < -0.39 is 9.85 Å². The molecule has 9 heteroatoms. The van der Waals surface area contributed by atoms with Crippen LogP contribution in [0.1, 0.15) is 32.0 Å². The van der Waals surface area contributed by atoms with Crippen LogP contribution in [-0.4, -0.2) is 9.85 Å². The van der Waals surface area contributed by atoms with Crippen molar-refractivity contribution < 1.29 is 9.85 Å². The summed E-state index contributed by atoms with van der Waals surface area (Å²) >= 11 is 1.40. The molecule has 0 saturated carbocycles. The predicted octanol–water partition coefficient (Wildman–Crippen LogP) is 5.65. The molecule has 150 valence electrons. The zero-order chi connectivity index (χ0) is 22.4. The fourth-order valence-electron chi connectivity index (χ4n) is 2.72. The summed E-state index contributed by atoms with van der Waals surface area (Å²) in [7, 11) is 0. The van der Waals surface area contributed by atoms with E-state index in [2.05, 4.69) is 0 Å². The third-order valence-corrected chi connectivity index (χ3v) is 5.23. The highest BCUT2D eigenvalue weighted by Crippen LogP contribution is 2.27. The highest BCUT2D eigenvalue weighted by molar-refractivity contribution is 7.13. The van der Waals surface area contributed by atoms with Crippen molar-refractivity contribution in [3.05, 3.63) is 101 Å². The summed E-state index contributed by atoms with van der Waals surface area (Å²) in [6.45, 7) is 0. The Kier molecular flexibility index (Phi) is 6.31. The Morgan fingerprint density at radius 3 is 1.48 bits per heavy atom. The Labute approximate surface area is 180 Å². The van der Waals surface area contributed by atoms with Gasteiger partial charge in [0.05, 0.1) is 44.2 Å². The quantitative estimate of drug-likeness (QED) is 0.368. The molecule has 0 aliphatic heterocycles. The molecule has 31 heavy (non-hydrogen) atoms. The third-order valence-electron chi connectivity index (χ3n) is 4.21. The molecule has 1 aromatic heterocycles. The van der Waals surface area contributed by atoms with Gasteiger partial charge in [-0.15, -0.1) is 11.3 Å². The topological polar surface area (TPSA) is 134 Å². The summed E-state index contributed by atoms with van der Waals surface area (Å²) in [6, 6.07) is 15.9. The van der Waals surface area contributed by atoms with Gasteiger partial charge in [0.15, 0.2) is 0 Å². The van der Waals surface area contributed by atoms with Gasteiger partial charge in [-0.25, -0.2) is 0 Å². The maximum Gasteiger partial charge on any atom is 0.277 e. The first-order valence-corrected chi connectivity index (χ1v) is 9.56. The molecule has 1 heterocycles. The number of nitro benzene ring substituents is 2. The molecule has 0 fully saturated rings. The van der Waals surface area contributed by atoms with Gasteiger partial charge in [-0.1, -0.05) is 0 Å². The number of hydrogen-bond donors (Lipinski definition) is 0. The minimum atomic E-state index is -0.534. The second kappa shape index (κ2) is 9.27. The van der Waals surface area contributed by atoms with Gasteiger partial charge < -0.3 is 0 Å². The third kappa shape index (κ3) is 5.07. The van der Waals surface area contributed by atoms with Crippen molar-refractivity contribution in [2.45, 2.75) is 0 Å². The number of thiophene rings is 1. The van der Waals surface area contributed by atoms with E-state index in [4.69, 9.17) is 10.5 Å². The van der Waals surface area contributed by atoms with Crippen molar-refractivity contribution in [2.24, 2.45) is 0 Å². The fraction of sp³-hybridized carbons (Fsp3) is 0. The van der Waals surface area contributed by atoms with Crippen LogP contribution in [0.25, 0.3) is 24.3 Å². The van der Waals surface area contributed by atoms with Crippen LogP contribution in [0.3, 0.4) is 0 Å². The van der Waals surface area contributed by atoms with E-state index in [9.17, 15) is 20.2 Å². The number of nitriles is 2. The van der Waals surface area contributed by atoms with Crippen molar-refractivity contribution >= 4 is 47.0 Å². The van der Waals surface area contributed by atoms with E-state index >= 15 is 0 Å². The molecule has 8 nitrogen and oxygen atoms in total. The first kappa shape index (κ1) is 21.1. The van der Waals surface area contributed by atoms with Gasteiger partial charge >= 0.3 is 0 Å². The molecule has 0 atom stereocenters. The molecule has 0 unspecified atom stereocenters.